The van der Waals surface area contributed by atoms with Crippen LogP contribution >= 0.6 is 0 Å². The minimum absolute atomic E-state index is 0.419. The van der Waals surface area contributed by atoms with Crippen molar-refractivity contribution in [1.82, 2.24) is 4.90 Å². The molecule has 1 rings (SSSR count). The normalized spacial score (nSPS) is 23.6. The molecule has 0 spiro atoms. The van der Waals surface area contributed by atoms with E-state index in [1.807, 2.05) is 0 Å². The molecule has 0 amide bonds. The van der Waals surface area contributed by atoms with Gasteiger partial charge in [-0.3, -0.25) is 0 Å². The summed E-state index contributed by atoms with van der Waals surface area (Å²) in [4.78, 5) is 2.33. The Labute approximate surface area is 111 Å². The molecule has 4 nitrogen and oxygen atoms in total. The van der Waals surface area contributed by atoms with E-state index in [0.29, 0.717) is 6.10 Å². The summed E-state index contributed by atoms with van der Waals surface area (Å²) < 4.78 is 5.72. The first-order chi connectivity index (χ1) is 8.53. The summed E-state index contributed by atoms with van der Waals surface area (Å²) >= 11 is 0. The molecule has 1 saturated heterocycles. The smallest absolute Gasteiger partial charge is 0.101 e. The van der Waals surface area contributed by atoms with Crippen LogP contribution in [0.5, 0.6) is 0 Å². The molecule has 0 aromatic rings. The molecule has 0 saturated carbocycles. The van der Waals surface area contributed by atoms with Crippen molar-refractivity contribution >= 4 is 0 Å². The van der Waals surface area contributed by atoms with Crippen molar-refractivity contribution in [3.8, 4) is 6.07 Å². The fourth-order valence-corrected chi connectivity index (χ4v) is 2.32. The number of nitrogens with two attached hydrogens (primary N) is 1. The monoisotopic (exact) mass is 253 g/mol. The summed E-state index contributed by atoms with van der Waals surface area (Å²) in [6.07, 6.45) is 7.00. The third kappa shape index (κ3) is 6.34. The zero-order valence-electron chi connectivity index (χ0n) is 11.8. The third-order valence-electron chi connectivity index (χ3n) is 3.53. The molecular formula is C14H27N3O. The first-order valence-electron chi connectivity index (χ1n) is 7.04. The van der Waals surface area contributed by atoms with Crippen LogP contribution in [0.25, 0.3) is 0 Å². The Hall–Kier alpha value is -0.630. The number of nitrogens with zero attached hydrogens (tertiary/aromatic N) is 2. The quantitative estimate of drug-likeness (QED) is 0.704. The van der Waals surface area contributed by atoms with Crippen molar-refractivity contribution in [1.29, 1.82) is 5.26 Å². The molecule has 1 fully saturated rings. The molecule has 0 aromatic carbocycles. The lowest BCUT2D eigenvalue weighted by Gasteiger charge is -2.27. The third-order valence-corrected chi connectivity index (χ3v) is 3.53. The SMILES string of the molecule is CN(CCCCC(C)(N)C#N)CC1CCCCO1. The fourth-order valence-electron chi connectivity index (χ4n) is 2.32. The zero-order valence-corrected chi connectivity index (χ0v) is 11.8. The van der Waals surface area contributed by atoms with Crippen LogP contribution in [0.4, 0.5) is 0 Å². The lowest BCUT2D eigenvalue weighted by atomic mass is 9.98. The molecule has 0 radical (unpaired) electrons. The summed E-state index contributed by atoms with van der Waals surface area (Å²) in [6, 6.07) is 2.14. The Kier molecular flexibility index (Phi) is 6.62. The standard InChI is InChI=1S/C14H27N3O/c1-14(16,12-15)8-4-5-9-17(2)11-13-7-3-6-10-18-13/h13H,3-11,16H2,1-2H3. The van der Waals surface area contributed by atoms with E-state index in [-0.39, 0.29) is 0 Å². The van der Waals surface area contributed by atoms with Gasteiger partial charge in [-0.15, -0.1) is 0 Å². The molecule has 18 heavy (non-hydrogen) atoms. The van der Waals surface area contributed by atoms with Gasteiger partial charge in [-0.1, -0.05) is 0 Å². The average Bonchev–Trinajstić information content (AvgIpc) is 2.36. The van der Waals surface area contributed by atoms with E-state index >= 15 is 0 Å². The molecule has 0 aromatic heterocycles. The van der Waals surface area contributed by atoms with Crippen LogP contribution in [0, 0.1) is 11.3 Å². The number of rotatable bonds is 7. The highest BCUT2D eigenvalue weighted by Crippen LogP contribution is 2.14. The van der Waals surface area contributed by atoms with Crippen molar-refractivity contribution in [3.63, 3.8) is 0 Å². The van der Waals surface area contributed by atoms with Gasteiger partial charge < -0.3 is 15.4 Å². The van der Waals surface area contributed by atoms with Crippen molar-refractivity contribution < 1.29 is 4.74 Å². The van der Waals surface area contributed by atoms with Crippen molar-refractivity contribution in [2.24, 2.45) is 5.73 Å². The molecule has 1 aliphatic rings. The van der Waals surface area contributed by atoms with Gasteiger partial charge in [0.1, 0.15) is 5.54 Å². The highest BCUT2D eigenvalue weighted by Gasteiger charge is 2.17. The maximum atomic E-state index is 8.82. The summed E-state index contributed by atoms with van der Waals surface area (Å²) in [7, 11) is 2.14. The minimum atomic E-state index is -0.662. The summed E-state index contributed by atoms with van der Waals surface area (Å²) in [5.74, 6) is 0. The maximum Gasteiger partial charge on any atom is 0.101 e. The van der Waals surface area contributed by atoms with E-state index in [1.54, 1.807) is 6.92 Å². The lowest BCUT2D eigenvalue weighted by molar-refractivity contribution is -0.00163. The molecule has 1 aliphatic heterocycles. The van der Waals surface area contributed by atoms with Crippen LogP contribution in [-0.2, 0) is 4.74 Å². The van der Waals surface area contributed by atoms with E-state index in [2.05, 4.69) is 18.0 Å². The van der Waals surface area contributed by atoms with E-state index in [1.165, 1.54) is 19.3 Å². The highest BCUT2D eigenvalue weighted by atomic mass is 16.5. The summed E-state index contributed by atoms with van der Waals surface area (Å²) in [6.45, 7) is 4.80. The second kappa shape index (κ2) is 7.73. The number of likely N-dealkylation sites (N-methyl/N-ethyl adjacent to an activating group) is 1. The van der Waals surface area contributed by atoms with Gasteiger partial charge in [0.15, 0.2) is 0 Å². The molecule has 0 bridgehead atoms. The average molecular weight is 253 g/mol. The second-order valence-electron chi connectivity index (χ2n) is 5.74. The number of nitriles is 1. The van der Waals surface area contributed by atoms with E-state index < -0.39 is 5.54 Å². The van der Waals surface area contributed by atoms with Gasteiger partial charge in [0.25, 0.3) is 0 Å². The van der Waals surface area contributed by atoms with Crippen molar-refractivity contribution in [2.45, 2.75) is 57.1 Å². The Morgan fingerprint density at radius 3 is 2.83 bits per heavy atom. The van der Waals surface area contributed by atoms with Crippen LogP contribution in [0.3, 0.4) is 0 Å². The Morgan fingerprint density at radius 2 is 2.22 bits per heavy atom. The van der Waals surface area contributed by atoms with E-state index in [4.69, 9.17) is 15.7 Å². The number of hydrogen-bond acceptors (Lipinski definition) is 4. The molecule has 1 heterocycles. The Morgan fingerprint density at radius 1 is 1.44 bits per heavy atom. The van der Waals surface area contributed by atoms with Crippen molar-refractivity contribution in [2.75, 3.05) is 26.7 Å². The van der Waals surface area contributed by atoms with Crippen LogP contribution in [-0.4, -0.2) is 43.3 Å². The molecule has 4 heteroatoms. The molecule has 2 unspecified atom stereocenters. The molecule has 2 N–H and O–H groups in total. The molecule has 0 aliphatic carbocycles. The van der Waals surface area contributed by atoms with Gasteiger partial charge in [0.2, 0.25) is 0 Å². The first kappa shape index (κ1) is 15.4. The predicted octanol–water partition coefficient (Wildman–Crippen LogP) is 1.90. The Bertz CT molecular complexity index is 267. The van der Waals surface area contributed by atoms with Gasteiger partial charge in [-0.25, -0.2) is 0 Å². The number of ether oxygens (including phenoxy) is 1. The van der Waals surface area contributed by atoms with Gasteiger partial charge in [0.05, 0.1) is 12.2 Å². The molecule has 2 atom stereocenters. The topological polar surface area (TPSA) is 62.3 Å². The predicted molar refractivity (Wildman–Crippen MR) is 73.1 cm³/mol. The minimum Gasteiger partial charge on any atom is -0.377 e. The van der Waals surface area contributed by atoms with E-state index in [9.17, 15) is 0 Å². The van der Waals surface area contributed by atoms with Gasteiger partial charge in [0, 0.05) is 13.2 Å². The number of hydrogen-bond donors (Lipinski definition) is 1. The first-order valence-corrected chi connectivity index (χ1v) is 7.04. The van der Waals surface area contributed by atoms with Gasteiger partial charge in [-0.05, 0) is 59.0 Å². The van der Waals surface area contributed by atoms with Crippen LogP contribution in [0.2, 0.25) is 0 Å². The van der Waals surface area contributed by atoms with Crippen molar-refractivity contribution in [3.05, 3.63) is 0 Å². The fraction of sp³-hybridized carbons (Fsp3) is 0.929. The summed E-state index contributed by atoms with van der Waals surface area (Å²) in [5, 5.41) is 8.82. The second-order valence-corrected chi connectivity index (χ2v) is 5.74. The summed E-state index contributed by atoms with van der Waals surface area (Å²) in [5.41, 5.74) is 5.13. The van der Waals surface area contributed by atoms with Crippen LogP contribution in [0.1, 0.15) is 45.4 Å². The van der Waals surface area contributed by atoms with Crippen LogP contribution < -0.4 is 5.73 Å². The van der Waals surface area contributed by atoms with E-state index in [0.717, 1.165) is 39.0 Å². The largest absolute Gasteiger partial charge is 0.377 e. The zero-order chi connectivity index (χ0) is 13.4. The van der Waals surface area contributed by atoms with Gasteiger partial charge >= 0.3 is 0 Å². The molecular weight excluding hydrogens is 226 g/mol. The Balaban J connectivity index is 2.06. The maximum absolute atomic E-state index is 8.82. The van der Waals surface area contributed by atoms with Gasteiger partial charge in [-0.2, -0.15) is 5.26 Å². The number of unbranched alkanes of at least 4 members (excludes halogenated alkanes) is 1. The van der Waals surface area contributed by atoms with Crippen LogP contribution in [0.15, 0.2) is 0 Å². The lowest BCUT2D eigenvalue weighted by Crippen LogP contribution is -2.35. The highest BCUT2D eigenvalue weighted by molar-refractivity contribution is 5.00. The molecule has 104 valence electrons.